The fourth-order valence-electron chi connectivity index (χ4n) is 2.09. The summed E-state index contributed by atoms with van der Waals surface area (Å²) < 4.78 is 0. The highest BCUT2D eigenvalue weighted by Crippen LogP contribution is 2.15. The van der Waals surface area contributed by atoms with Crippen LogP contribution < -0.4 is 0 Å². The number of hydrogen-bond acceptors (Lipinski definition) is 3. The van der Waals surface area contributed by atoms with Crippen LogP contribution in [0.1, 0.15) is 51.9 Å². The van der Waals surface area contributed by atoms with Crippen molar-refractivity contribution >= 4 is 35.9 Å². The van der Waals surface area contributed by atoms with Gasteiger partial charge in [0.05, 0.1) is 0 Å². The molecule has 0 N–H and O–H groups in total. The molecule has 18 heavy (non-hydrogen) atoms. The Morgan fingerprint density at radius 1 is 1.00 bits per heavy atom. The Balaban J connectivity index is 0.00000289. The first-order valence-corrected chi connectivity index (χ1v) is 9.62. The minimum atomic E-state index is 0. The van der Waals surface area contributed by atoms with Gasteiger partial charge in [-0.25, -0.2) is 0 Å². The van der Waals surface area contributed by atoms with Crippen molar-refractivity contribution in [1.82, 2.24) is 4.90 Å². The molecule has 0 bridgehead atoms. The summed E-state index contributed by atoms with van der Waals surface area (Å²) in [6.45, 7) is 4.92. The standard InChI is InChI=1S/C14H29NS2.ClH/c1-2-3-4-5-6-7-8-11-16-12-9-15-10-13-17-14-15;/h2-14H2,1H3;1H. The van der Waals surface area contributed by atoms with Crippen molar-refractivity contribution in [2.75, 3.05) is 36.2 Å². The fourth-order valence-corrected chi connectivity index (χ4v) is 4.12. The number of nitrogens with zero attached hydrogens (tertiary/aromatic N) is 1. The third kappa shape index (κ3) is 10.8. The van der Waals surface area contributed by atoms with Crippen LogP contribution in [0.4, 0.5) is 0 Å². The second-order valence-electron chi connectivity index (χ2n) is 4.89. The Morgan fingerprint density at radius 2 is 1.72 bits per heavy atom. The summed E-state index contributed by atoms with van der Waals surface area (Å²) in [5, 5.41) is 0. The van der Waals surface area contributed by atoms with Crippen LogP contribution in [0.3, 0.4) is 0 Å². The Hall–Kier alpha value is 0.950. The Kier molecular flexibility index (Phi) is 15.1. The predicted octanol–water partition coefficient (Wildman–Crippen LogP) is 4.90. The van der Waals surface area contributed by atoms with E-state index in [0.717, 1.165) is 0 Å². The Labute approximate surface area is 129 Å². The van der Waals surface area contributed by atoms with Gasteiger partial charge < -0.3 is 0 Å². The zero-order valence-corrected chi connectivity index (χ0v) is 14.3. The zero-order chi connectivity index (χ0) is 12.2. The highest BCUT2D eigenvalue weighted by atomic mass is 35.5. The third-order valence-electron chi connectivity index (χ3n) is 3.27. The van der Waals surface area contributed by atoms with Crippen LogP contribution >= 0.6 is 35.9 Å². The van der Waals surface area contributed by atoms with Crippen LogP contribution in [0.5, 0.6) is 0 Å². The molecule has 110 valence electrons. The SMILES string of the molecule is CCCCCCCCCSCCN1CCSC1.Cl. The van der Waals surface area contributed by atoms with Crippen molar-refractivity contribution in [2.45, 2.75) is 51.9 Å². The number of hydrogen-bond donors (Lipinski definition) is 0. The van der Waals surface area contributed by atoms with Gasteiger partial charge in [-0.1, -0.05) is 45.4 Å². The molecule has 0 aromatic carbocycles. The van der Waals surface area contributed by atoms with E-state index in [1.807, 2.05) is 0 Å². The minimum Gasteiger partial charge on any atom is -0.292 e. The molecule has 1 nitrogen and oxygen atoms in total. The van der Waals surface area contributed by atoms with Crippen molar-refractivity contribution in [3.63, 3.8) is 0 Å². The summed E-state index contributed by atoms with van der Waals surface area (Å²) in [5.74, 6) is 5.35. The second kappa shape index (κ2) is 14.4. The maximum Gasteiger partial charge on any atom is 0.0445 e. The lowest BCUT2D eigenvalue weighted by atomic mass is 10.1. The van der Waals surface area contributed by atoms with Gasteiger partial charge in [0.25, 0.3) is 0 Å². The molecule has 0 amide bonds. The van der Waals surface area contributed by atoms with Gasteiger partial charge in [-0.2, -0.15) is 11.8 Å². The van der Waals surface area contributed by atoms with Crippen LogP contribution in [0, 0.1) is 0 Å². The molecule has 0 atom stereocenters. The molecule has 4 heteroatoms. The van der Waals surface area contributed by atoms with E-state index in [0.29, 0.717) is 0 Å². The van der Waals surface area contributed by atoms with Crippen LogP contribution in [-0.4, -0.2) is 41.1 Å². The van der Waals surface area contributed by atoms with Crippen molar-refractivity contribution in [3.8, 4) is 0 Å². The molecule has 1 rings (SSSR count). The fraction of sp³-hybridized carbons (Fsp3) is 1.00. The molecule has 1 heterocycles. The number of thioether (sulfide) groups is 2. The van der Waals surface area contributed by atoms with E-state index in [1.165, 1.54) is 81.2 Å². The highest BCUT2D eigenvalue weighted by molar-refractivity contribution is 7.99. The van der Waals surface area contributed by atoms with E-state index >= 15 is 0 Å². The largest absolute Gasteiger partial charge is 0.292 e. The molecule has 0 aromatic heterocycles. The third-order valence-corrected chi connectivity index (χ3v) is 5.34. The Morgan fingerprint density at radius 3 is 2.39 bits per heavy atom. The normalized spacial score (nSPS) is 15.8. The Bertz CT molecular complexity index is 164. The average molecular weight is 312 g/mol. The molecule has 0 spiro atoms. The molecule has 0 unspecified atom stereocenters. The van der Waals surface area contributed by atoms with Crippen LogP contribution in [0.25, 0.3) is 0 Å². The van der Waals surface area contributed by atoms with E-state index in [1.54, 1.807) is 0 Å². The maximum absolute atomic E-state index is 2.59. The number of halogens is 1. The van der Waals surface area contributed by atoms with Gasteiger partial charge >= 0.3 is 0 Å². The van der Waals surface area contributed by atoms with Crippen molar-refractivity contribution < 1.29 is 0 Å². The highest BCUT2D eigenvalue weighted by Gasteiger charge is 2.10. The van der Waals surface area contributed by atoms with Crippen molar-refractivity contribution in [1.29, 1.82) is 0 Å². The van der Waals surface area contributed by atoms with Gasteiger partial charge in [-0.15, -0.1) is 24.2 Å². The van der Waals surface area contributed by atoms with Gasteiger partial charge in [-0.3, -0.25) is 4.90 Å². The minimum absolute atomic E-state index is 0. The molecule has 1 aliphatic rings. The van der Waals surface area contributed by atoms with Gasteiger partial charge in [0.1, 0.15) is 0 Å². The summed E-state index contributed by atoms with van der Waals surface area (Å²) in [5.41, 5.74) is 0. The zero-order valence-electron chi connectivity index (χ0n) is 11.9. The molecule has 0 radical (unpaired) electrons. The summed E-state index contributed by atoms with van der Waals surface area (Å²) >= 11 is 4.24. The van der Waals surface area contributed by atoms with Crippen molar-refractivity contribution in [3.05, 3.63) is 0 Å². The van der Waals surface area contributed by atoms with E-state index in [2.05, 4.69) is 35.3 Å². The number of unbranched alkanes of at least 4 members (excludes halogenated alkanes) is 6. The van der Waals surface area contributed by atoms with Gasteiger partial charge in [-0.05, 0) is 12.2 Å². The quantitative estimate of drug-likeness (QED) is 0.500. The molecule has 0 aromatic rings. The number of rotatable bonds is 11. The molecule has 1 saturated heterocycles. The van der Waals surface area contributed by atoms with E-state index in [9.17, 15) is 0 Å². The van der Waals surface area contributed by atoms with E-state index < -0.39 is 0 Å². The molecule has 0 aliphatic carbocycles. The smallest absolute Gasteiger partial charge is 0.0445 e. The molecule has 1 fully saturated rings. The van der Waals surface area contributed by atoms with Crippen LogP contribution in [0.15, 0.2) is 0 Å². The second-order valence-corrected chi connectivity index (χ2v) is 7.19. The van der Waals surface area contributed by atoms with Crippen LogP contribution in [0.2, 0.25) is 0 Å². The predicted molar refractivity (Wildman–Crippen MR) is 91.5 cm³/mol. The van der Waals surface area contributed by atoms with Crippen molar-refractivity contribution in [2.24, 2.45) is 0 Å². The summed E-state index contributed by atoms with van der Waals surface area (Å²) in [6, 6.07) is 0. The molecular formula is C14H30ClNS2. The first kappa shape index (κ1) is 18.9. The summed E-state index contributed by atoms with van der Waals surface area (Å²) in [6.07, 6.45) is 10.1. The average Bonchev–Trinajstić information content (AvgIpc) is 2.85. The first-order chi connectivity index (χ1) is 8.43. The lowest BCUT2D eigenvalue weighted by Crippen LogP contribution is -2.22. The maximum atomic E-state index is 2.59. The van der Waals surface area contributed by atoms with Gasteiger partial charge in [0, 0.05) is 30.5 Å². The van der Waals surface area contributed by atoms with E-state index in [-0.39, 0.29) is 12.4 Å². The molecule has 0 saturated carbocycles. The summed E-state index contributed by atoms with van der Waals surface area (Å²) in [4.78, 5) is 2.59. The molecule has 1 aliphatic heterocycles. The monoisotopic (exact) mass is 311 g/mol. The van der Waals surface area contributed by atoms with Gasteiger partial charge in [0.2, 0.25) is 0 Å². The topological polar surface area (TPSA) is 3.24 Å². The van der Waals surface area contributed by atoms with Gasteiger partial charge in [0.15, 0.2) is 0 Å². The summed E-state index contributed by atoms with van der Waals surface area (Å²) in [7, 11) is 0. The van der Waals surface area contributed by atoms with Crippen LogP contribution in [-0.2, 0) is 0 Å². The molecular weight excluding hydrogens is 282 g/mol. The lowest BCUT2D eigenvalue weighted by Gasteiger charge is -2.12. The first-order valence-electron chi connectivity index (χ1n) is 7.31. The van der Waals surface area contributed by atoms with E-state index in [4.69, 9.17) is 0 Å². The lowest BCUT2D eigenvalue weighted by molar-refractivity contribution is 0.380.